The van der Waals surface area contributed by atoms with Crippen LogP contribution in [0.5, 0.6) is 0 Å². The molecule has 0 aromatic heterocycles. The van der Waals surface area contributed by atoms with Gasteiger partial charge >= 0.3 is 16.6 Å². The average molecular weight is 310 g/mol. The molecule has 1 rings (SSSR count). The Morgan fingerprint density at radius 2 is 2.25 bits per heavy atom. The smallest absolute Gasteiger partial charge is 0.379 e. The van der Waals surface area contributed by atoms with Crippen molar-refractivity contribution >= 4 is 16.6 Å². The summed E-state index contributed by atoms with van der Waals surface area (Å²) in [7, 11) is -1.33. The van der Waals surface area contributed by atoms with Crippen LogP contribution in [-0.2, 0) is 29.5 Å². The van der Waals surface area contributed by atoms with Crippen LogP contribution in [0.4, 0.5) is 4.79 Å². The lowest BCUT2D eigenvalue weighted by Gasteiger charge is -2.24. The van der Waals surface area contributed by atoms with Gasteiger partial charge in [-0.05, 0) is 6.92 Å². The highest BCUT2D eigenvalue weighted by atomic mass is 32.2. The molecule has 0 N–H and O–H groups in total. The average Bonchev–Trinajstić information content (AvgIpc) is 2.57. The Labute approximate surface area is 118 Å². The van der Waals surface area contributed by atoms with Gasteiger partial charge in [-0.15, -0.1) is 5.06 Å². The summed E-state index contributed by atoms with van der Waals surface area (Å²) in [6, 6.07) is 0. The van der Waals surface area contributed by atoms with E-state index < -0.39 is 16.6 Å². The quantitative estimate of drug-likeness (QED) is 0.690. The van der Waals surface area contributed by atoms with Crippen molar-refractivity contribution in [1.82, 2.24) is 5.06 Å². The first-order chi connectivity index (χ1) is 9.56. The van der Waals surface area contributed by atoms with Gasteiger partial charge in [0.25, 0.3) is 0 Å². The molecule has 10 heteroatoms. The van der Waals surface area contributed by atoms with E-state index in [1.54, 1.807) is 0 Å². The number of nitrogens with zero attached hydrogens (tertiary/aromatic N) is 2. The first-order valence-corrected chi connectivity index (χ1v) is 7.10. The lowest BCUT2D eigenvalue weighted by atomic mass is 10.2. The molecular weight excluding hydrogens is 292 g/mol. The standard InChI is InChI=1S/C10H18N2O7S/c1-3-17-7-9-8(16-2)6-12(4-5-18-9)19-10(13)11-20(14)15/h8-9H,3-7H2,1-2H3/t8-,9+/m0/s1. The van der Waals surface area contributed by atoms with Crippen LogP contribution in [0.1, 0.15) is 6.92 Å². The summed E-state index contributed by atoms with van der Waals surface area (Å²) in [4.78, 5) is 16.0. The zero-order chi connectivity index (χ0) is 15.0. The van der Waals surface area contributed by atoms with E-state index >= 15 is 0 Å². The number of hydrogen-bond donors (Lipinski definition) is 0. The number of hydrogen-bond acceptors (Lipinski definition) is 8. The van der Waals surface area contributed by atoms with Gasteiger partial charge < -0.3 is 19.0 Å². The van der Waals surface area contributed by atoms with Crippen molar-refractivity contribution in [2.45, 2.75) is 19.1 Å². The molecule has 1 saturated heterocycles. The Balaban J connectivity index is 2.60. The molecule has 2 atom stereocenters. The maximum Gasteiger partial charge on any atom is 0.467 e. The Bertz CT molecular complexity index is 431. The Kier molecular flexibility index (Phi) is 7.62. The van der Waals surface area contributed by atoms with Gasteiger partial charge in [-0.2, -0.15) is 8.42 Å². The highest BCUT2D eigenvalue weighted by Crippen LogP contribution is 2.12. The lowest BCUT2D eigenvalue weighted by molar-refractivity contribution is -0.118. The van der Waals surface area contributed by atoms with Crippen molar-refractivity contribution in [3.63, 3.8) is 0 Å². The molecule has 0 aliphatic carbocycles. The van der Waals surface area contributed by atoms with Crippen LogP contribution in [-0.4, -0.2) is 71.8 Å². The van der Waals surface area contributed by atoms with Crippen LogP contribution in [0.15, 0.2) is 4.36 Å². The third-order valence-corrected chi connectivity index (χ3v) is 2.91. The fraction of sp³-hybridized carbons (Fsp3) is 0.900. The third-order valence-electron chi connectivity index (χ3n) is 2.62. The van der Waals surface area contributed by atoms with Gasteiger partial charge in [-0.25, -0.2) is 4.79 Å². The zero-order valence-electron chi connectivity index (χ0n) is 11.4. The predicted octanol–water partition coefficient (Wildman–Crippen LogP) is -0.147. The fourth-order valence-corrected chi connectivity index (χ4v) is 1.86. The van der Waals surface area contributed by atoms with Gasteiger partial charge in [0.15, 0.2) is 0 Å². The molecule has 116 valence electrons. The molecule has 20 heavy (non-hydrogen) atoms. The van der Waals surface area contributed by atoms with Gasteiger partial charge in [-0.1, -0.05) is 4.36 Å². The van der Waals surface area contributed by atoms with E-state index in [9.17, 15) is 13.2 Å². The molecule has 0 bridgehead atoms. The minimum atomic E-state index is -2.83. The SMILES string of the molecule is CCOC[C@H]1OCCN(OC(=O)N=S(=O)=O)C[C@@H]1OC. The highest BCUT2D eigenvalue weighted by Gasteiger charge is 2.30. The topological polar surface area (TPSA) is 104 Å². The third kappa shape index (κ3) is 5.92. The number of amides is 1. The first kappa shape index (κ1) is 17.0. The van der Waals surface area contributed by atoms with E-state index in [2.05, 4.69) is 4.36 Å². The van der Waals surface area contributed by atoms with Crippen molar-refractivity contribution < 1.29 is 32.3 Å². The molecule has 0 saturated carbocycles. The summed E-state index contributed by atoms with van der Waals surface area (Å²) >= 11 is 0. The summed E-state index contributed by atoms with van der Waals surface area (Å²) in [6.45, 7) is 3.62. The summed E-state index contributed by atoms with van der Waals surface area (Å²) < 4.78 is 39.4. The Morgan fingerprint density at radius 1 is 1.50 bits per heavy atom. The zero-order valence-corrected chi connectivity index (χ0v) is 12.2. The van der Waals surface area contributed by atoms with Crippen LogP contribution in [0.25, 0.3) is 0 Å². The second kappa shape index (κ2) is 8.97. The fourth-order valence-electron chi connectivity index (χ4n) is 1.71. The van der Waals surface area contributed by atoms with E-state index in [1.165, 1.54) is 12.2 Å². The van der Waals surface area contributed by atoms with Gasteiger partial charge in [0.2, 0.25) is 0 Å². The predicted molar refractivity (Wildman–Crippen MR) is 66.4 cm³/mol. The number of methoxy groups -OCH3 is 1. The molecule has 0 aromatic carbocycles. The molecule has 0 unspecified atom stereocenters. The monoisotopic (exact) mass is 310 g/mol. The number of carbonyl (C=O) groups excluding carboxylic acids is 1. The molecule has 1 aliphatic heterocycles. The van der Waals surface area contributed by atoms with E-state index in [0.29, 0.717) is 19.8 Å². The molecule has 1 heterocycles. The van der Waals surface area contributed by atoms with Crippen LogP contribution < -0.4 is 0 Å². The van der Waals surface area contributed by atoms with Gasteiger partial charge in [0.1, 0.15) is 12.2 Å². The van der Waals surface area contributed by atoms with E-state index in [4.69, 9.17) is 19.0 Å². The van der Waals surface area contributed by atoms with Crippen LogP contribution in [0.3, 0.4) is 0 Å². The molecule has 0 spiro atoms. The van der Waals surface area contributed by atoms with Crippen LogP contribution in [0.2, 0.25) is 0 Å². The van der Waals surface area contributed by atoms with Gasteiger partial charge in [0.05, 0.1) is 26.3 Å². The minimum Gasteiger partial charge on any atom is -0.379 e. The molecule has 0 aromatic rings. The van der Waals surface area contributed by atoms with E-state index in [1.807, 2.05) is 6.92 Å². The molecule has 0 radical (unpaired) electrons. The van der Waals surface area contributed by atoms with E-state index in [-0.39, 0.29) is 25.3 Å². The van der Waals surface area contributed by atoms with Gasteiger partial charge in [-0.3, -0.25) is 0 Å². The summed E-state index contributed by atoms with van der Waals surface area (Å²) in [5.41, 5.74) is 0. The van der Waals surface area contributed by atoms with Crippen molar-refractivity contribution in [2.75, 3.05) is 40.0 Å². The lowest BCUT2D eigenvalue weighted by Crippen LogP contribution is -2.40. The van der Waals surface area contributed by atoms with Crippen LogP contribution in [0, 0.1) is 0 Å². The Hall–Kier alpha value is -1.07. The normalized spacial score (nSPS) is 23.9. The van der Waals surface area contributed by atoms with Crippen LogP contribution >= 0.6 is 0 Å². The number of rotatable bonds is 5. The molecule has 1 fully saturated rings. The summed E-state index contributed by atoms with van der Waals surface area (Å²) in [5.74, 6) is 0. The molecule has 1 aliphatic rings. The maximum atomic E-state index is 11.2. The number of ether oxygens (including phenoxy) is 3. The number of carbonyl (C=O) groups is 1. The first-order valence-electron chi connectivity index (χ1n) is 6.07. The second-order valence-electron chi connectivity index (χ2n) is 3.90. The molecular formula is C10H18N2O7S. The number of hydroxylamine groups is 2. The van der Waals surface area contributed by atoms with Crippen molar-refractivity contribution in [3.05, 3.63) is 0 Å². The largest absolute Gasteiger partial charge is 0.467 e. The van der Waals surface area contributed by atoms with Crippen molar-refractivity contribution in [3.8, 4) is 0 Å². The molecule has 1 amide bonds. The minimum absolute atomic E-state index is 0.237. The summed E-state index contributed by atoms with van der Waals surface area (Å²) in [5, 5.41) is 1.26. The Morgan fingerprint density at radius 3 is 2.85 bits per heavy atom. The van der Waals surface area contributed by atoms with E-state index in [0.717, 1.165) is 0 Å². The molecule has 9 nitrogen and oxygen atoms in total. The second-order valence-corrected chi connectivity index (χ2v) is 4.51. The summed E-state index contributed by atoms with van der Waals surface area (Å²) in [6.07, 6.45) is -1.85. The van der Waals surface area contributed by atoms with Crippen molar-refractivity contribution in [1.29, 1.82) is 0 Å². The van der Waals surface area contributed by atoms with Crippen molar-refractivity contribution in [2.24, 2.45) is 4.36 Å². The maximum absolute atomic E-state index is 11.2. The highest BCUT2D eigenvalue weighted by molar-refractivity contribution is 7.62. The van der Waals surface area contributed by atoms with Gasteiger partial charge in [0, 0.05) is 13.7 Å².